The molecule has 154 valence electrons. The zero-order valence-electron chi connectivity index (χ0n) is 16.4. The minimum atomic E-state index is -0.346. The normalized spacial score (nSPS) is 16.1. The summed E-state index contributed by atoms with van der Waals surface area (Å²) in [5.41, 5.74) is 1.62. The molecule has 3 heterocycles. The highest BCUT2D eigenvalue weighted by Gasteiger charge is 2.26. The Morgan fingerprint density at radius 3 is 2.70 bits per heavy atom. The Bertz CT molecular complexity index is 1110. The van der Waals surface area contributed by atoms with Crippen molar-refractivity contribution in [3.8, 4) is 11.8 Å². The van der Waals surface area contributed by atoms with Gasteiger partial charge in [0, 0.05) is 43.8 Å². The first-order chi connectivity index (χ1) is 14.6. The number of nitriles is 1. The molecule has 3 aromatic rings. The molecule has 2 aromatic heterocycles. The lowest BCUT2D eigenvalue weighted by molar-refractivity contribution is -0.127. The molecule has 0 bridgehead atoms. The molecule has 0 spiro atoms. The van der Waals surface area contributed by atoms with Gasteiger partial charge in [-0.1, -0.05) is 23.7 Å². The van der Waals surface area contributed by atoms with Gasteiger partial charge in [-0.05, 0) is 23.8 Å². The largest absolute Gasteiger partial charge is 0.497 e. The Labute approximate surface area is 183 Å². The minimum Gasteiger partial charge on any atom is -0.497 e. The van der Waals surface area contributed by atoms with Crippen molar-refractivity contribution in [2.45, 2.75) is 6.04 Å². The third kappa shape index (κ3) is 4.05. The van der Waals surface area contributed by atoms with Gasteiger partial charge in [0.15, 0.2) is 10.1 Å². The summed E-state index contributed by atoms with van der Waals surface area (Å²) in [6, 6.07) is 9.57. The van der Waals surface area contributed by atoms with Crippen LogP contribution in [0.1, 0.15) is 17.3 Å². The molecule has 0 aliphatic carbocycles. The van der Waals surface area contributed by atoms with Crippen LogP contribution < -0.4 is 4.74 Å². The van der Waals surface area contributed by atoms with Gasteiger partial charge in [-0.3, -0.25) is 14.1 Å². The van der Waals surface area contributed by atoms with E-state index in [1.165, 1.54) is 17.4 Å². The molecule has 1 atom stereocenters. The molecule has 0 saturated carbocycles. The number of fused-ring (bicyclic) bond motifs is 1. The first kappa shape index (κ1) is 20.4. The molecule has 9 heteroatoms. The van der Waals surface area contributed by atoms with Gasteiger partial charge in [-0.2, -0.15) is 5.26 Å². The maximum atomic E-state index is 12.6. The van der Waals surface area contributed by atoms with Crippen LogP contribution in [0.5, 0.6) is 5.75 Å². The summed E-state index contributed by atoms with van der Waals surface area (Å²) in [4.78, 5) is 21.6. The highest BCUT2D eigenvalue weighted by atomic mass is 35.5. The summed E-state index contributed by atoms with van der Waals surface area (Å²) >= 11 is 7.67. The van der Waals surface area contributed by atoms with Gasteiger partial charge < -0.3 is 9.64 Å². The number of rotatable bonds is 5. The summed E-state index contributed by atoms with van der Waals surface area (Å²) in [7, 11) is 1.62. The van der Waals surface area contributed by atoms with Gasteiger partial charge in [0.05, 0.1) is 18.9 Å². The smallest absolute Gasteiger partial charge is 0.246 e. The Kier molecular flexibility index (Phi) is 6.04. The van der Waals surface area contributed by atoms with Gasteiger partial charge in [-0.25, -0.2) is 4.98 Å². The molecule has 1 saturated heterocycles. The number of thiazole rings is 1. The van der Waals surface area contributed by atoms with Crippen LogP contribution in [0.4, 0.5) is 0 Å². The van der Waals surface area contributed by atoms with E-state index in [-0.39, 0.29) is 11.9 Å². The van der Waals surface area contributed by atoms with Gasteiger partial charge in [-0.15, -0.1) is 11.3 Å². The quantitative estimate of drug-likeness (QED) is 0.567. The molecule has 7 nitrogen and oxygen atoms in total. The topological polar surface area (TPSA) is 73.9 Å². The molecule has 1 aromatic carbocycles. The van der Waals surface area contributed by atoms with Crippen molar-refractivity contribution in [3.05, 3.63) is 58.3 Å². The fourth-order valence-corrected chi connectivity index (χ4v) is 4.54. The zero-order valence-corrected chi connectivity index (χ0v) is 17.9. The maximum Gasteiger partial charge on any atom is 0.246 e. The van der Waals surface area contributed by atoms with Crippen LogP contribution in [-0.2, 0) is 4.79 Å². The number of hydrogen-bond donors (Lipinski definition) is 0. The molecule has 1 unspecified atom stereocenters. The number of amides is 1. The SMILES string of the molecule is COc1ccc(C(C#N)N2CCN(C(=O)C=Cc3c(Cl)nc4sccn34)CC2)cc1. The van der Waals surface area contributed by atoms with Crippen molar-refractivity contribution in [2.24, 2.45) is 0 Å². The van der Waals surface area contributed by atoms with Crippen LogP contribution in [0.3, 0.4) is 0 Å². The van der Waals surface area contributed by atoms with E-state index in [0.717, 1.165) is 16.3 Å². The van der Waals surface area contributed by atoms with E-state index in [2.05, 4.69) is 16.0 Å². The maximum absolute atomic E-state index is 12.6. The van der Waals surface area contributed by atoms with Crippen LogP contribution in [0.15, 0.2) is 41.9 Å². The predicted molar refractivity (Wildman–Crippen MR) is 117 cm³/mol. The second-order valence-electron chi connectivity index (χ2n) is 6.84. The summed E-state index contributed by atoms with van der Waals surface area (Å²) in [5.74, 6) is 0.685. The first-order valence-electron chi connectivity index (χ1n) is 9.46. The number of imidazole rings is 1. The number of nitrogens with zero attached hydrogens (tertiary/aromatic N) is 5. The van der Waals surface area contributed by atoms with Gasteiger partial charge >= 0.3 is 0 Å². The number of carbonyl (C=O) groups excluding carboxylic acids is 1. The Hall–Kier alpha value is -2.86. The van der Waals surface area contributed by atoms with E-state index in [1.54, 1.807) is 18.1 Å². The van der Waals surface area contributed by atoms with E-state index < -0.39 is 0 Å². The van der Waals surface area contributed by atoms with Crippen LogP contribution in [0.2, 0.25) is 5.15 Å². The van der Waals surface area contributed by atoms with Gasteiger partial charge in [0.25, 0.3) is 0 Å². The average molecular weight is 442 g/mol. The van der Waals surface area contributed by atoms with E-state index in [9.17, 15) is 10.1 Å². The summed E-state index contributed by atoms with van der Waals surface area (Å²) in [5, 5.41) is 12.0. The molecule has 4 rings (SSSR count). The van der Waals surface area contributed by atoms with Crippen molar-refractivity contribution >= 4 is 39.9 Å². The van der Waals surface area contributed by atoms with Crippen molar-refractivity contribution in [3.63, 3.8) is 0 Å². The fourth-order valence-electron chi connectivity index (χ4n) is 3.54. The van der Waals surface area contributed by atoms with Crippen LogP contribution in [-0.4, -0.2) is 58.4 Å². The number of piperazine rings is 1. The van der Waals surface area contributed by atoms with Crippen molar-refractivity contribution in [2.75, 3.05) is 33.3 Å². The molecule has 0 radical (unpaired) electrons. The van der Waals surface area contributed by atoms with Crippen molar-refractivity contribution in [1.29, 1.82) is 5.26 Å². The Morgan fingerprint density at radius 1 is 1.30 bits per heavy atom. The Balaban J connectivity index is 1.38. The third-order valence-corrected chi connectivity index (χ3v) is 6.22. The van der Waals surface area contributed by atoms with E-state index in [4.69, 9.17) is 16.3 Å². The summed E-state index contributed by atoms with van der Waals surface area (Å²) in [6.07, 6.45) is 5.12. The molecule has 1 fully saturated rings. The second-order valence-corrected chi connectivity index (χ2v) is 8.07. The van der Waals surface area contributed by atoms with Crippen molar-refractivity contribution < 1.29 is 9.53 Å². The first-order valence-corrected chi connectivity index (χ1v) is 10.7. The van der Waals surface area contributed by atoms with E-state index in [1.807, 2.05) is 40.2 Å². The standard InChI is InChI=1S/C21H20ClN5O2S/c1-29-16-4-2-15(3-5-16)18(14-23)25-8-10-26(11-9-25)19(28)7-6-17-20(22)24-21-27(17)12-13-30-21/h2-7,12-13,18H,8-11H2,1H3. The minimum absolute atomic E-state index is 0.0751. The Morgan fingerprint density at radius 2 is 2.03 bits per heavy atom. The summed E-state index contributed by atoms with van der Waals surface area (Å²) in [6.45, 7) is 2.38. The molecular formula is C21H20ClN5O2S. The zero-order chi connectivity index (χ0) is 21.1. The number of ether oxygens (including phenoxy) is 1. The second kappa shape index (κ2) is 8.88. The number of halogens is 1. The van der Waals surface area contributed by atoms with Crippen LogP contribution in [0.25, 0.3) is 11.0 Å². The highest BCUT2D eigenvalue weighted by molar-refractivity contribution is 7.15. The number of methoxy groups -OCH3 is 1. The monoisotopic (exact) mass is 441 g/mol. The lowest BCUT2D eigenvalue weighted by Crippen LogP contribution is -2.49. The average Bonchev–Trinajstić information content (AvgIpc) is 3.34. The molecule has 1 amide bonds. The number of aromatic nitrogens is 2. The van der Waals surface area contributed by atoms with Crippen LogP contribution in [0, 0.1) is 11.3 Å². The molecule has 1 aliphatic heterocycles. The lowest BCUT2D eigenvalue weighted by atomic mass is 10.1. The third-order valence-electron chi connectivity index (χ3n) is 5.18. The number of carbonyl (C=O) groups is 1. The molecular weight excluding hydrogens is 422 g/mol. The van der Waals surface area contributed by atoms with Crippen molar-refractivity contribution in [1.82, 2.24) is 19.2 Å². The van der Waals surface area contributed by atoms with Crippen LogP contribution >= 0.6 is 22.9 Å². The highest BCUT2D eigenvalue weighted by Crippen LogP contribution is 2.25. The van der Waals surface area contributed by atoms with E-state index >= 15 is 0 Å². The fraction of sp³-hybridized carbons (Fsp3) is 0.286. The number of hydrogen-bond acceptors (Lipinski definition) is 6. The number of benzene rings is 1. The predicted octanol–water partition coefficient (Wildman–Crippen LogP) is 3.48. The molecule has 0 N–H and O–H groups in total. The molecule has 30 heavy (non-hydrogen) atoms. The van der Waals surface area contributed by atoms with Gasteiger partial charge in [0.2, 0.25) is 5.91 Å². The molecule has 1 aliphatic rings. The van der Waals surface area contributed by atoms with Gasteiger partial charge in [0.1, 0.15) is 11.8 Å². The van der Waals surface area contributed by atoms with E-state index in [0.29, 0.717) is 37.0 Å². The lowest BCUT2D eigenvalue weighted by Gasteiger charge is -2.36. The summed E-state index contributed by atoms with van der Waals surface area (Å²) < 4.78 is 7.05.